The average molecular weight is 419 g/mol. The Labute approximate surface area is 178 Å². The van der Waals surface area contributed by atoms with Crippen LogP contribution >= 0.6 is 11.3 Å². The van der Waals surface area contributed by atoms with Gasteiger partial charge in [0.15, 0.2) is 5.78 Å². The van der Waals surface area contributed by atoms with E-state index in [9.17, 15) is 4.79 Å². The van der Waals surface area contributed by atoms with E-state index >= 15 is 0 Å². The van der Waals surface area contributed by atoms with E-state index in [0.717, 1.165) is 38.8 Å². The van der Waals surface area contributed by atoms with Gasteiger partial charge in [-0.2, -0.15) is 0 Å². The van der Waals surface area contributed by atoms with Crippen LogP contribution in [-0.2, 0) is 0 Å². The van der Waals surface area contributed by atoms with Crippen molar-refractivity contribution in [2.45, 2.75) is 27.7 Å². The van der Waals surface area contributed by atoms with Gasteiger partial charge in [0.2, 0.25) is 5.13 Å². The molecule has 6 heteroatoms. The van der Waals surface area contributed by atoms with Crippen molar-refractivity contribution in [3.8, 4) is 17.1 Å². The highest BCUT2D eigenvalue weighted by Crippen LogP contribution is 2.28. The van der Waals surface area contributed by atoms with E-state index in [0.29, 0.717) is 21.5 Å². The lowest BCUT2D eigenvalue weighted by molar-refractivity contribution is 0.102. The molecule has 0 radical (unpaired) electrons. The fraction of sp³-hybridized carbons (Fsp3) is 0.208. The van der Waals surface area contributed by atoms with Crippen LogP contribution in [0.15, 0.2) is 51.9 Å². The molecule has 30 heavy (non-hydrogen) atoms. The van der Waals surface area contributed by atoms with Gasteiger partial charge in [0.1, 0.15) is 17.1 Å². The molecule has 0 aliphatic carbocycles. The largest absolute Gasteiger partial charge is 0.497 e. The summed E-state index contributed by atoms with van der Waals surface area (Å²) in [6, 6.07) is 13.8. The smallest absolute Gasteiger partial charge is 0.210 e. The van der Waals surface area contributed by atoms with Crippen molar-refractivity contribution in [1.82, 2.24) is 4.98 Å². The van der Waals surface area contributed by atoms with Crippen molar-refractivity contribution in [3.05, 3.63) is 69.5 Å². The van der Waals surface area contributed by atoms with E-state index in [1.165, 1.54) is 11.3 Å². The van der Waals surface area contributed by atoms with Gasteiger partial charge in [-0.1, -0.05) is 17.4 Å². The summed E-state index contributed by atoms with van der Waals surface area (Å²) in [7, 11) is 1.64. The predicted molar refractivity (Wildman–Crippen MR) is 120 cm³/mol. The topological polar surface area (TPSA) is 64.7 Å². The number of rotatable bonds is 4. The Hall–Kier alpha value is -3.25. The summed E-state index contributed by atoms with van der Waals surface area (Å²) in [6.07, 6.45) is 0. The van der Waals surface area contributed by atoms with Gasteiger partial charge in [-0.3, -0.25) is 4.79 Å². The number of carbonyl (C=O) groups excluding carboxylic acids is 1. The van der Waals surface area contributed by atoms with Crippen molar-refractivity contribution in [2.24, 2.45) is 4.99 Å². The average Bonchev–Trinajstić information content (AvgIpc) is 3.07. The monoisotopic (exact) mass is 418 g/mol. The third-order valence-electron chi connectivity index (χ3n) is 4.88. The van der Waals surface area contributed by atoms with E-state index < -0.39 is 0 Å². The van der Waals surface area contributed by atoms with Crippen molar-refractivity contribution in [3.63, 3.8) is 0 Å². The number of ether oxygens (including phenoxy) is 1. The maximum absolute atomic E-state index is 11.8. The molecule has 152 valence electrons. The maximum Gasteiger partial charge on any atom is 0.210 e. The zero-order chi connectivity index (χ0) is 21.4. The molecule has 0 saturated heterocycles. The van der Waals surface area contributed by atoms with Gasteiger partial charge in [-0.05, 0) is 62.2 Å². The number of ketones is 1. The highest BCUT2D eigenvalue weighted by molar-refractivity contribution is 7.17. The standard InChI is InChI=1S/C24H22N2O3S/c1-13-10-14(2)22-19(26-24-25-15(3)23(30-24)16(4)27)12-20(29-21(22)11-13)17-6-8-18(28-5)9-7-17/h6-12H,1-5H3. The SMILES string of the molecule is COc1ccc(-c2cc(=Nc3nc(C)c(C(C)=O)s3)c3c(C)cc(C)cc3o2)cc1. The molecule has 4 rings (SSSR count). The highest BCUT2D eigenvalue weighted by Gasteiger charge is 2.13. The Bertz CT molecular complexity index is 1330. The summed E-state index contributed by atoms with van der Waals surface area (Å²) < 4.78 is 11.5. The first-order chi connectivity index (χ1) is 14.4. The normalized spacial score (nSPS) is 11.8. The van der Waals surface area contributed by atoms with Crippen molar-refractivity contribution >= 4 is 33.2 Å². The molecule has 0 spiro atoms. The molecule has 0 saturated carbocycles. The minimum atomic E-state index is 0.00472. The van der Waals surface area contributed by atoms with E-state index in [2.05, 4.69) is 11.1 Å². The molecule has 2 heterocycles. The Morgan fingerprint density at radius 2 is 1.83 bits per heavy atom. The van der Waals surface area contributed by atoms with E-state index in [-0.39, 0.29) is 5.78 Å². The Morgan fingerprint density at radius 3 is 2.47 bits per heavy atom. The van der Waals surface area contributed by atoms with Gasteiger partial charge in [-0.25, -0.2) is 9.98 Å². The van der Waals surface area contributed by atoms with Crippen LogP contribution in [0.2, 0.25) is 0 Å². The molecule has 2 aromatic heterocycles. The van der Waals surface area contributed by atoms with E-state index in [1.807, 2.05) is 57.2 Å². The fourth-order valence-electron chi connectivity index (χ4n) is 3.53. The zero-order valence-corrected chi connectivity index (χ0v) is 18.4. The molecule has 0 bridgehead atoms. The zero-order valence-electron chi connectivity index (χ0n) is 17.6. The Balaban J connectivity index is 1.98. The highest BCUT2D eigenvalue weighted by atomic mass is 32.1. The first-order valence-corrected chi connectivity index (χ1v) is 10.4. The van der Waals surface area contributed by atoms with Crippen LogP contribution in [0.5, 0.6) is 5.75 Å². The van der Waals surface area contributed by atoms with Gasteiger partial charge in [-0.15, -0.1) is 0 Å². The van der Waals surface area contributed by atoms with Crippen LogP contribution in [0, 0.1) is 20.8 Å². The first kappa shape index (κ1) is 20.0. The number of nitrogens with zero attached hydrogens (tertiary/aromatic N) is 2. The van der Waals surface area contributed by atoms with E-state index in [4.69, 9.17) is 14.1 Å². The molecular weight excluding hydrogens is 396 g/mol. The van der Waals surface area contributed by atoms with Gasteiger partial charge >= 0.3 is 0 Å². The number of aryl methyl sites for hydroxylation is 3. The number of Topliss-reactive ketones (excluding diaryl/α,β-unsaturated/α-hetero) is 1. The van der Waals surface area contributed by atoms with Crippen LogP contribution in [0.3, 0.4) is 0 Å². The van der Waals surface area contributed by atoms with Gasteiger partial charge < -0.3 is 9.15 Å². The number of hydrogen-bond donors (Lipinski definition) is 0. The molecule has 0 aliphatic rings. The molecule has 0 aliphatic heterocycles. The summed E-state index contributed by atoms with van der Waals surface area (Å²) in [6.45, 7) is 7.48. The van der Waals surface area contributed by atoms with Crippen LogP contribution in [0.25, 0.3) is 22.3 Å². The number of methoxy groups -OCH3 is 1. The fourth-order valence-corrected chi connectivity index (χ4v) is 4.37. The summed E-state index contributed by atoms with van der Waals surface area (Å²) >= 11 is 1.31. The van der Waals surface area contributed by atoms with Gasteiger partial charge in [0, 0.05) is 23.9 Å². The molecule has 0 N–H and O–H groups in total. The molecule has 0 amide bonds. The minimum Gasteiger partial charge on any atom is -0.497 e. The number of benzene rings is 2. The lowest BCUT2D eigenvalue weighted by Gasteiger charge is -2.08. The van der Waals surface area contributed by atoms with Crippen LogP contribution < -0.4 is 10.1 Å². The molecule has 2 aromatic carbocycles. The van der Waals surface area contributed by atoms with Gasteiger partial charge in [0.05, 0.1) is 23.0 Å². The second-order valence-electron chi connectivity index (χ2n) is 7.26. The Morgan fingerprint density at radius 1 is 1.10 bits per heavy atom. The predicted octanol–water partition coefficient (Wildman–Crippen LogP) is 5.93. The lowest BCUT2D eigenvalue weighted by Crippen LogP contribution is -2.05. The molecule has 0 unspecified atom stereocenters. The maximum atomic E-state index is 11.8. The molecule has 5 nitrogen and oxygen atoms in total. The van der Waals surface area contributed by atoms with E-state index in [1.54, 1.807) is 14.0 Å². The molecular formula is C24H22N2O3S. The Kier molecular flexibility index (Phi) is 5.26. The second kappa shape index (κ2) is 7.88. The number of hydrogen-bond acceptors (Lipinski definition) is 6. The molecule has 0 fully saturated rings. The number of carbonyl (C=O) groups is 1. The lowest BCUT2D eigenvalue weighted by atomic mass is 10.0. The number of fused-ring (bicyclic) bond motifs is 1. The summed E-state index contributed by atoms with van der Waals surface area (Å²) in [5, 5.41) is 2.27. The first-order valence-electron chi connectivity index (χ1n) is 9.58. The number of thiazole rings is 1. The summed E-state index contributed by atoms with van der Waals surface area (Å²) in [5.74, 6) is 1.49. The quantitative estimate of drug-likeness (QED) is 0.386. The number of aromatic nitrogens is 1. The molecule has 4 aromatic rings. The molecule has 0 atom stereocenters. The van der Waals surface area contributed by atoms with Crippen molar-refractivity contribution in [2.75, 3.05) is 7.11 Å². The van der Waals surface area contributed by atoms with Crippen molar-refractivity contribution < 1.29 is 13.9 Å². The summed E-state index contributed by atoms with van der Waals surface area (Å²) in [5.41, 5.74) is 4.59. The van der Waals surface area contributed by atoms with Crippen LogP contribution in [0.4, 0.5) is 5.13 Å². The van der Waals surface area contributed by atoms with Gasteiger partial charge in [0.25, 0.3) is 0 Å². The summed E-state index contributed by atoms with van der Waals surface area (Å²) in [4.78, 5) is 21.8. The minimum absolute atomic E-state index is 0.00472. The third kappa shape index (κ3) is 3.78. The van der Waals surface area contributed by atoms with Crippen LogP contribution in [-0.4, -0.2) is 17.9 Å². The van der Waals surface area contributed by atoms with Crippen LogP contribution in [0.1, 0.15) is 33.4 Å². The van der Waals surface area contributed by atoms with Crippen molar-refractivity contribution in [1.29, 1.82) is 0 Å². The second-order valence-corrected chi connectivity index (χ2v) is 8.24. The third-order valence-corrected chi connectivity index (χ3v) is 6.04.